The zero-order chi connectivity index (χ0) is 10.8. The molecule has 0 aromatic heterocycles. The second-order valence-corrected chi connectivity index (χ2v) is 3.86. The number of nitrogens with zero attached hydrogens (tertiary/aromatic N) is 1. The zero-order valence-corrected chi connectivity index (χ0v) is 8.79. The van der Waals surface area contributed by atoms with Gasteiger partial charge >= 0.3 is 0 Å². The van der Waals surface area contributed by atoms with Gasteiger partial charge in [0.2, 0.25) is 0 Å². The summed E-state index contributed by atoms with van der Waals surface area (Å²) in [6.07, 6.45) is 3.13. The van der Waals surface area contributed by atoms with Gasteiger partial charge in [-0.25, -0.2) is 0 Å². The van der Waals surface area contributed by atoms with Crippen molar-refractivity contribution in [2.75, 3.05) is 7.11 Å². The minimum atomic E-state index is 0.0930. The number of nitriles is 1. The number of fused-ring (bicyclic) bond motifs is 1. The molecule has 3 nitrogen and oxygen atoms in total. The summed E-state index contributed by atoms with van der Waals surface area (Å²) in [4.78, 5) is 0. The molecule has 1 aromatic carbocycles. The van der Waals surface area contributed by atoms with Crippen LogP contribution in [0.25, 0.3) is 0 Å². The standard InChI is InChI=1S/C12H14N2O/c1-15-12-6-10-8(5-9(12)7-13)3-2-4-11(10)14/h5-6,11H,2-4,14H2,1H3. The minimum Gasteiger partial charge on any atom is -0.495 e. The van der Waals surface area contributed by atoms with Crippen molar-refractivity contribution in [3.63, 3.8) is 0 Å². The lowest BCUT2D eigenvalue weighted by Crippen LogP contribution is -2.17. The summed E-state index contributed by atoms with van der Waals surface area (Å²) in [5, 5.41) is 8.96. The first-order valence-electron chi connectivity index (χ1n) is 5.12. The number of hydrogen-bond acceptors (Lipinski definition) is 3. The lowest BCUT2D eigenvalue weighted by Gasteiger charge is -2.23. The van der Waals surface area contributed by atoms with Crippen molar-refractivity contribution in [2.24, 2.45) is 5.73 Å². The smallest absolute Gasteiger partial charge is 0.136 e. The number of rotatable bonds is 1. The predicted molar refractivity (Wildman–Crippen MR) is 57.6 cm³/mol. The largest absolute Gasteiger partial charge is 0.495 e. The van der Waals surface area contributed by atoms with Gasteiger partial charge in [-0.15, -0.1) is 0 Å². The Labute approximate surface area is 89.5 Å². The monoisotopic (exact) mass is 202 g/mol. The Morgan fingerprint density at radius 3 is 3.00 bits per heavy atom. The average Bonchev–Trinajstić information content (AvgIpc) is 2.28. The first kappa shape index (κ1) is 10.0. The summed E-state index contributed by atoms with van der Waals surface area (Å²) in [7, 11) is 1.58. The van der Waals surface area contributed by atoms with Gasteiger partial charge in [0, 0.05) is 6.04 Å². The zero-order valence-electron chi connectivity index (χ0n) is 8.79. The van der Waals surface area contributed by atoms with E-state index in [1.807, 2.05) is 12.1 Å². The third kappa shape index (κ3) is 1.69. The van der Waals surface area contributed by atoms with Crippen molar-refractivity contribution in [1.29, 1.82) is 5.26 Å². The Morgan fingerprint density at radius 2 is 2.33 bits per heavy atom. The normalized spacial score (nSPS) is 19.1. The van der Waals surface area contributed by atoms with Gasteiger partial charge in [0.1, 0.15) is 11.8 Å². The number of benzene rings is 1. The molecular weight excluding hydrogens is 188 g/mol. The van der Waals surface area contributed by atoms with Crippen LogP contribution in [0.4, 0.5) is 0 Å². The van der Waals surface area contributed by atoms with Crippen molar-refractivity contribution in [3.8, 4) is 11.8 Å². The molecule has 0 radical (unpaired) electrons. The lowest BCUT2D eigenvalue weighted by molar-refractivity contribution is 0.411. The van der Waals surface area contributed by atoms with Gasteiger partial charge in [0.15, 0.2) is 0 Å². The SMILES string of the molecule is COc1cc2c(cc1C#N)CCCC2N. The van der Waals surface area contributed by atoms with Crippen LogP contribution < -0.4 is 10.5 Å². The number of ether oxygens (including phenoxy) is 1. The third-order valence-corrected chi connectivity index (χ3v) is 2.94. The van der Waals surface area contributed by atoms with E-state index >= 15 is 0 Å². The quantitative estimate of drug-likeness (QED) is 0.756. The molecule has 0 spiro atoms. The van der Waals surface area contributed by atoms with E-state index in [4.69, 9.17) is 15.7 Å². The molecule has 0 amide bonds. The van der Waals surface area contributed by atoms with E-state index in [-0.39, 0.29) is 6.04 Å². The van der Waals surface area contributed by atoms with E-state index < -0.39 is 0 Å². The average molecular weight is 202 g/mol. The molecule has 0 heterocycles. The first-order chi connectivity index (χ1) is 7.26. The summed E-state index contributed by atoms with van der Waals surface area (Å²) < 4.78 is 5.17. The van der Waals surface area contributed by atoms with Gasteiger partial charge in [-0.3, -0.25) is 0 Å². The second kappa shape index (κ2) is 3.92. The van der Waals surface area contributed by atoms with Gasteiger partial charge < -0.3 is 10.5 Å². The summed E-state index contributed by atoms with van der Waals surface area (Å²) in [5.41, 5.74) is 8.96. The van der Waals surface area contributed by atoms with Gasteiger partial charge in [0.05, 0.1) is 12.7 Å². The maximum absolute atomic E-state index is 8.96. The predicted octanol–water partition coefficient (Wildman–Crippen LogP) is 1.90. The maximum Gasteiger partial charge on any atom is 0.136 e. The molecule has 0 saturated heterocycles. The third-order valence-electron chi connectivity index (χ3n) is 2.94. The van der Waals surface area contributed by atoms with Crippen molar-refractivity contribution < 1.29 is 4.74 Å². The molecule has 0 bridgehead atoms. The van der Waals surface area contributed by atoms with Crippen LogP contribution in [0.1, 0.15) is 35.6 Å². The van der Waals surface area contributed by atoms with E-state index in [9.17, 15) is 0 Å². The maximum atomic E-state index is 8.96. The Kier molecular flexibility index (Phi) is 2.61. The van der Waals surface area contributed by atoms with Crippen LogP contribution in [0.5, 0.6) is 5.75 Å². The number of methoxy groups -OCH3 is 1. The Hall–Kier alpha value is -1.53. The molecule has 0 saturated carbocycles. The molecule has 1 unspecified atom stereocenters. The van der Waals surface area contributed by atoms with E-state index in [0.29, 0.717) is 11.3 Å². The highest BCUT2D eigenvalue weighted by Gasteiger charge is 2.19. The van der Waals surface area contributed by atoms with Crippen LogP contribution in [0.2, 0.25) is 0 Å². The Morgan fingerprint density at radius 1 is 1.53 bits per heavy atom. The second-order valence-electron chi connectivity index (χ2n) is 3.86. The van der Waals surface area contributed by atoms with Crippen LogP contribution in [0.15, 0.2) is 12.1 Å². The van der Waals surface area contributed by atoms with Gasteiger partial charge in [0.25, 0.3) is 0 Å². The van der Waals surface area contributed by atoms with Crippen LogP contribution in [0.3, 0.4) is 0 Å². The van der Waals surface area contributed by atoms with Crippen molar-refractivity contribution in [2.45, 2.75) is 25.3 Å². The van der Waals surface area contributed by atoms with Crippen LogP contribution >= 0.6 is 0 Å². The molecule has 0 fully saturated rings. The lowest BCUT2D eigenvalue weighted by atomic mass is 9.87. The number of hydrogen-bond donors (Lipinski definition) is 1. The van der Waals surface area contributed by atoms with Crippen molar-refractivity contribution >= 4 is 0 Å². The highest BCUT2D eigenvalue weighted by atomic mass is 16.5. The highest BCUT2D eigenvalue weighted by Crippen LogP contribution is 2.32. The van der Waals surface area contributed by atoms with Gasteiger partial charge in [-0.1, -0.05) is 0 Å². The fourth-order valence-corrected chi connectivity index (χ4v) is 2.13. The van der Waals surface area contributed by atoms with Gasteiger partial charge in [-0.2, -0.15) is 5.26 Å². The van der Waals surface area contributed by atoms with E-state index in [2.05, 4.69) is 6.07 Å². The molecule has 3 heteroatoms. The van der Waals surface area contributed by atoms with Crippen molar-refractivity contribution in [1.82, 2.24) is 0 Å². The molecule has 1 aliphatic carbocycles. The summed E-state index contributed by atoms with van der Waals surface area (Å²) in [6, 6.07) is 6.06. The van der Waals surface area contributed by atoms with Gasteiger partial charge in [-0.05, 0) is 42.5 Å². The Balaban J connectivity index is 2.54. The fourth-order valence-electron chi connectivity index (χ4n) is 2.13. The van der Waals surface area contributed by atoms with Crippen molar-refractivity contribution in [3.05, 3.63) is 28.8 Å². The molecular formula is C12H14N2O. The van der Waals surface area contributed by atoms with Crippen LogP contribution in [-0.4, -0.2) is 7.11 Å². The topological polar surface area (TPSA) is 59.0 Å². The molecule has 1 atom stereocenters. The minimum absolute atomic E-state index is 0.0930. The van der Waals surface area contributed by atoms with E-state index in [1.54, 1.807) is 7.11 Å². The fraction of sp³-hybridized carbons (Fsp3) is 0.417. The van der Waals surface area contributed by atoms with E-state index in [1.165, 1.54) is 5.56 Å². The van der Waals surface area contributed by atoms with E-state index in [0.717, 1.165) is 24.8 Å². The molecule has 2 N–H and O–H groups in total. The molecule has 1 aliphatic rings. The molecule has 1 aromatic rings. The first-order valence-corrected chi connectivity index (χ1v) is 5.12. The Bertz CT molecular complexity index is 420. The van der Waals surface area contributed by atoms with Crippen LogP contribution in [0, 0.1) is 11.3 Å². The summed E-state index contributed by atoms with van der Waals surface area (Å²) in [6.45, 7) is 0. The number of nitrogens with two attached hydrogens (primary N) is 1. The molecule has 78 valence electrons. The summed E-state index contributed by atoms with van der Waals surface area (Å²) >= 11 is 0. The number of aryl methyl sites for hydroxylation is 1. The summed E-state index contributed by atoms with van der Waals surface area (Å²) in [5.74, 6) is 0.633. The van der Waals surface area contributed by atoms with Crippen LogP contribution in [-0.2, 0) is 6.42 Å². The molecule has 2 rings (SSSR count). The molecule has 15 heavy (non-hydrogen) atoms. The molecule has 0 aliphatic heterocycles. The highest BCUT2D eigenvalue weighted by molar-refractivity contribution is 5.50.